The SMILES string of the molecule is C=C(C)C(N)C(C)C.CC. The monoisotopic (exact) mass is 143 g/mol. The maximum absolute atomic E-state index is 5.66. The van der Waals surface area contributed by atoms with Crippen molar-refractivity contribution in [3.05, 3.63) is 12.2 Å². The number of nitrogens with two attached hydrogens (primary N) is 1. The van der Waals surface area contributed by atoms with Crippen LogP contribution >= 0.6 is 0 Å². The Hall–Kier alpha value is -0.300. The second kappa shape index (κ2) is 6.81. The summed E-state index contributed by atoms with van der Waals surface area (Å²) in [6.07, 6.45) is 0. The summed E-state index contributed by atoms with van der Waals surface area (Å²) in [5.41, 5.74) is 6.73. The van der Waals surface area contributed by atoms with Crippen molar-refractivity contribution in [1.82, 2.24) is 0 Å². The summed E-state index contributed by atoms with van der Waals surface area (Å²) in [4.78, 5) is 0. The Morgan fingerprint density at radius 2 is 1.60 bits per heavy atom. The molecule has 0 heterocycles. The molecule has 0 rings (SSSR count). The lowest BCUT2D eigenvalue weighted by Crippen LogP contribution is -2.26. The van der Waals surface area contributed by atoms with Crippen LogP contribution in [-0.2, 0) is 0 Å². The van der Waals surface area contributed by atoms with Crippen LogP contribution in [-0.4, -0.2) is 6.04 Å². The van der Waals surface area contributed by atoms with Gasteiger partial charge >= 0.3 is 0 Å². The topological polar surface area (TPSA) is 26.0 Å². The van der Waals surface area contributed by atoms with Gasteiger partial charge in [0.2, 0.25) is 0 Å². The van der Waals surface area contributed by atoms with Gasteiger partial charge < -0.3 is 5.73 Å². The molecule has 0 spiro atoms. The lowest BCUT2D eigenvalue weighted by molar-refractivity contribution is 0.550. The summed E-state index contributed by atoms with van der Waals surface area (Å²) in [5, 5.41) is 0. The Kier molecular flexibility index (Phi) is 8.44. The van der Waals surface area contributed by atoms with Crippen molar-refractivity contribution in [2.45, 2.75) is 40.7 Å². The third kappa shape index (κ3) is 5.83. The summed E-state index contributed by atoms with van der Waals surface area (Å²) in [6, 6.07) is 0.176. The molecule has 0 aliphatic heterocycles. The summed E-state index contributed by atoms with van der Waals surface area (Å²) >= 11 is 0. The summed E-state index contributed by atoms with van der Waals surface area (Å²) < 4.78 is 0. The minimum atomic E-state index is 0.176. The first-order valence-electron chi connectivity index (χ1n) is 3.96. The highest BCUT2D eigenvalue weighted by Crippen LogP contribution is 2.05. The molecule has 0 amide bonds. The van der Waals surface area contributed by atoms with Crippen molar-refractivity contribution in [3.8, 4) is 0 Å². The molecular formula is C9H21N. The minimum absolute atomic E-state index is 0.176. The molecule has 0 aromatic rings. The molecule has 0 radical (unpaired) electrons. The van der Waals surface area contributed by atoms with E-state index in [2.05, 4.69) is 20.4 Å². The molecule has 2 N–H and O–H groups in total. The highest BCUT2D eigenvalue weighted by Gasteiger charge is 2.05. The van der Waals surface area contributed by atoms with Crippen molar-refractivity contribution in [1.29, 1.82) is 0 Å². The van der Waals surface area contributed by atoms with Crippen LogP contribution in [0.25, 0.3) is 0 Å². The van der Waals surface area contributed by atoms with E-state index in [9.17, 15) is 0 Å². The molecule has 0 bridgehead atoms. The molecule has 1 heteroatoms. The van der Waals surface area contributed by atoms with Gasteiger partial charge in [-0.3, -0.25) is 0 Å². The fraction of sp³-hybridized carbons (Fsp3) is 0.778. The third-order valence-electron chi connectivity index (χ3n) is 1.29. The van der Waals surface area contributed by atoms with E-state index in [1.165, 1.54) is 0 Å². The van der Waals surface area contributed by atoms with Crippen LogP contribution in [0, 0.1) is 5.92 Å². The quantitative estimate of drug-likeness (QED) is 0.591. The highest BCUT2D eigenvalue weighted by atomic mass is 14.6. The Balaban J connectivity index is 0. The van der Waals surface area contributed by atoms with Gasteiger partial charge in [-0.1, -0.05) is 39.8 Å². The van der Waals surface area contributed by atoms with E-state index in [4.69, 9.17) is 5.73 Å². The Labute approximate surface area is 65.3 Å². The largest absolute Gasteiger partial charge is 0.324 e. The fourth-order valence-electron chi connectivity index (χ4n) is 0.569. The zero-order chi connectivity index (χ0) is 8.73. The summed E-state index contributed by atoms with van der Waals surface area (Å²) in [7, 11) is 0. The maximum Gasteiger partial charge on any atom is 0.0271 e. The second-order valence-corrected chi connectivity index (χ2v) is 2.62. The molecule has 0 saturated carbocycles. The Morgan fingerprint density at radius 3 is 1.60 bits per heavy atom. The van der Waals surface area contributed by atoms with Gasteiger partial charge in [0, 0.05) is 6.04 Å². The number of hydrogen-bond acceptors (Lipinski definition) is 1. The third-order valence-corrected chi connectivity index (χ3v) is 1.29. The maximum atomic E-state index is 5.66. The van der Waals surface area contributed by atoms with E-state index >= 15 is 0 Å². The van der Waals surface area contributed by atoms with E-state index < -0.39 is 0 Å². The Bertz CT molecular complexity index is 84.7. The molecule has 10 heavy (non-hydrogen) atoms. The van der Waals surface area contributed by atoms with Crippen molar-refractivity contribution in [3.63, 3.8) is 0 Å². The zero-order valence-corrected chi connectivity index (χ0v) is 7.94. The molecule has 0 aromatic carbocycles. The molecule has 0 aliphatic carbocycles. The highest BCUT2D eigenvalue weighted by molar-refractivity contribution is 5.00. The fourth-order valence-corrected chi connectivity index (χ4v) is 0.569. The lowest BCUT2D eigenvalue weighted by Gasteiger charge is -2.14. The van der Waals surface area contributed by atoms with Gasteiger partial charge in [0.05, 0.1) is 0 Å². The van der Waals surface area contributed by atoms with E-state index in [0.29, 0.717) is 5.92 Å². The van der Waals surface area contributed by atoms with Gasteiger partial charge in [-0.05, 0) is 12.8 Å². The van der Waals surface area contributed by atoms with Crippen LogP contribution in [0.15, 0.2) is 12.2 Å². The van der Waals surface area contributed by atoms with Crippen molar-refractivity contribution < 1.29 is 0 Å². The van der Waals surface area contributed by atoms with Crippen LogP contribution in [0.2, 0.25) is 0 Å². The minimum Gasteiger partial charge on any atom is -0.324 e. The molecule has 0 fully saturated rings. The lowest BCUT2D eigenvalue weighted by atomic mass is 10.00. The van der Waals surface area contributed by atoms with Gasteiger partial charge in [0.1, 0.15) is 0 Å². The van der Waals surface area contributed by atoms with Gasteiger partial charge in [0.25, 0.3) is 0 Å². The summed E-state index contributed by atoms with van der Waals surface area (Å²) in [6.45, 7) is 13.9. The molecular weight excluding hydrogens is 122 g/mol. The average molecular weight is 143 g/mol. The van der Waals surface area contributed by atoms with Gasteiger partial charge in [-0.15, -0.1) is 0 Å². The average Bonchev–Trinajstić information content (AvgIpc) is 1.90. The first kappa shape index (κ1) is 12.4. The number of hydrogen-bond donors (Lipinski definition) is 1. The molecule has 0 saturated heterocycles. The van der Waals surface area contributed by atoms with Crippen LogP contribution in [0.3, 0.4) is 0 Å². The first-order chi connectivity index (χ1) is 4.55. The van der Waals surface area contributed by atoms with Gasteiger partial charge in [-0.2, -0.15) is 0 Å². The smallest absolute Gasteiger partial charge is 0.0271 e. The Morgan fingerprint density at radius 1 is 1.30 bits per heavy atom. The summed E-state index contributed by atoms with van der Waals surface area (Å²) in [5.74, 6) is 0.521. The molecule has 1 unspecified atom stereocenters. The van der Waals surface area contributed by atoms with Crippen LogP contribution in [0.4, 0.5) is 0 Å². The normalized spacial score (nSPS) is 11.9. The van der Waals surface area contributed by atoms with Gasteiger partial charge in [-0.25, -0.2) is 0 Å². The van der Waals surface area contributed by atoms with E-state index in [1.54, 1.807) is 0 Å². The second-order valence-electron chi connectivity index (χ2n) is 2.62. The van der Waals surface area contributed by atoms with Crippen molar-refractivity contribution in [2.75, 3.05) is 0 Å². The predicted octanol–water partition coefficient (Wildman–Crippen LogP) is 2.57. The molecule has 0 aromatic heterocycles. The predicted molar refractivity (Wildman–Crippen MR) is 49.0 cm³/mol. The van der Waals surface area contributed by atoms with Crippen LogP contribution in [0.1, 0.15) is 34.6 Å². The van der Waals surface area contributed by atoms with Crippen molar-refractivity contribution in [2.24, 2.45) is 11.7 Å². The van der Waals surface area contributed by atoms with E-state index in [-0.39, 0.29) is 6.04 Å². The molecule has 0 aliphatic rings. The van der Waals surface area contributed by atoms with Crippen LogP contribution < -0.4 is 5.73 Å². The molecule has 1 atom stereocenters. The first-order valence-corrected chi connectivity index (χ1v) is 3.96. The van der Waals surface area contributed by atoms with Crippen LogP contribution in [0.5, 0.6) is 0 Å². The molecule has 1 nitrogen and oxygen atoms in total. The number of rotatable bonds is 2. The standard InChI is InChI=1S/C7H15N.C2H6/c1-5(2)7(8)6(3)4;1-2/h6-7H,1,8H2,2-4H3;1-2H3. The van der Waals surface area contributed by atoms with Crippen molar-refractivity contribution >= 4 is 0 Å². The van der Waals surface area contributed by atoms with Gasteiger partial charge in [0.15, 0.2) is 0 Å². The van der Waals surface area contributed by atoms with E-state index in [0.717, 1.165) is 5.57 Å². The zero-order valence-electron chi connectivity index (χ0n) is 7.94. The molecule has 62 valence electrons. The van der Waals surface area contributed by atoms with E-state index in [1.807, 2.05) is 20.8 Å².